The van der Waals surface area contributed by atoms with Crippen molar-refractivity contribution in [3.8, 4) is 0 Å². The van der Waals surface area contributed by atoms with Crippen LogP contribution in [0.25, 0.3) is 0 Å². The summed E-state index contributed by atoms with van der Waals surface area (Å²) >= 11 is 8.84. The summed E-state index contributed by atoms with van der Waals surface area (Å²) < 4.78 is 12.6. The van der Waals surface area contributed by atoms with Crippen LogP contribution in [-0.4, -0.2) is 27.8 Å². The predicted octanol–water partition coefficient (Wildman–Crippen LogP) is 3.37. The Hall–Kier alpha value is -0.690. The lowest BCUT2D eigenvalue weighted by molar-refractivity contribution is -0.127. The van der Waals surface area contributed by atoms with E-state index in [1.165, 1.54) is 11.3 Å². The Kier molecular flexibility index (Phi) is 5.77. The molecule has 0 aliphatic rings. The maximum atomic E-state index is 12.0. The van der Waals surface area contributed by atoms with Gasteiger partial charge in [-0.05, 0) is 23.6 Å². The first-order valence-corrected chi connectivity index (χ1v) is 9.46. The minimum Gasteiger partial charge on any atom is -0.340 e. The molecule has 0 fully saturated rings. The Morgan fingerprint density at radius 1 is 1.35 bits per heavy atom. The van der Waals surface area contributed by atoms with Gasteiger partial charge in [0.15, 0.2) is 0 Å². The number of hydrogen-bond donors (Lipinski definition) is 0. The SMILES string of the molecule is CN(Cc1cccs1)C(=O)C[S@](=O)Cc1ccc(Cl)s1. The Labute approximate surface area is 133 Å². The summed E-state index contributed by atoms with van der Waals surface area (Å²) in [5.74, 6) is 0.340. The van der Waals surface area contributed by atoms with E-state index in [0.29, 0.717) is 16.6 Å². The monoisotopic (exact) mass is 347 g/mol. The molecule has 0 spiro atoms. The Morgan fingerprint density at radius 3 is 2.75 bits per heavy atom. The van der Waals surface area contributed by atoms with Crippen LogP contribution in [0.5, 0.6) is 0 Å². The van der Waals surface area contributed by atoms with E-state index in [2.05, 4.69) is 0 Å². The fourth-order valence-electron chi connectivity index (χ4n) is 1.61. The lowest BCUT2D eigenvalue weighted by Crippen LogP contribution is -2.30. The average Bonchev–Trinajstić information content (AvgIpc) is 3.01. The van der Waals surface area contributed by atoms with Crippen molar-refractivity contribution in [1.82, 2.24) is 4.90 Å². The normalized spacial score (nSPS) is 12.3. The van der Waals surface area contributed by atoms with Gasteiger partial charge in [0.1, 0.15) is 5.75 Å². The summed E-state index contributed by atoms with van der Waals surface area (Å²) in [4.78, 5) is 15.7. The van der Waals surface area contributed by atoms with Crippen LogP contribution in [-0.2, 0) is 27.9 Å². The van der Waals surface area contributed by atoms with Crippen LogP contribution in [0.2, 0.25) is 4.34 Å². The second kappa shape index (κ2) is 7.36. The van der Waals surface area contributed by atoms with E-state index in [0.717, 1.165) is 9.75 Å². The van der Waals surface area contributed by atoms with Gasteiger partial charge in [0.05, 0.1) is 16.6 Å². The zero-order valence-electron chi connectivity index (χ0n) is 10.9. The quantitative estimate of drug-likeness (QED) is 0.803. The molecule has 0 aliphatic carbocycles. The molecule has 1 atom stereocenters. The molecule has 0 aromatic carbocycles. The summed E-state index contributed by atoms with van der Waals surface area (Å²) in [7, 11) is 0.545. The molecule has 108 valence electrons. The molecule has 0 radical (unpaired) electrons. The molecule has 20 heavy (non-hydrogen) atoms. The second-order valence-electron chi connectivity index (χ2n) is 4.26. The molecule has 0 unspecified atom stereocenters. The standard InChI is InChI=1S/C13H14ClNO2S3/c1-15(7-10-3-2-6-18-10)13(16)9-20(17)8-11-4-5-12(14)19-11/h2-6H,7-9H2,1H3/t20-/m1/s1. The van der Waals surface area contributed by atoms with Gasteiger partial charge in [-0.1, -0.05) is 17.7 Å². The molecule has 2 heterocycles. The number of nitrogens with zero attached hydrogens (tertiary/aromatic N) is 1. The first-order valence-electron chi connectivity index (χ1n) is 5.90. The summed E-state index contributed by atoms with van der Waals surface area (Å²) in [5, 5.41) is 1.98. The van der Waals surface area contributed by atoms with Gasteiger partial charge in [-0.15, -0.1) is 22.7 Å². The van der Waals surface area contributed by atoms with Crippen molar-refractivity contribution < 1.29 is 9.00 Å². The minimum absolute atomic E-state index is 0.0530. The van der Waals surface area contributed by atoms with Gasteiger partial charge >= 0.3 is 0 Å². The highest BCUT2D eigenvalue weighted by atomic mass is 35.5. The predicted molar refractivity (Wildman–Crippen MR) is 86.8 cm³/mol. The highest BCUT2D eigenvalue weighted by Gasteiger charge is 2.14. The molecule has 0 bridgehead atoms. The Morgan fingerprint density at radius 2 is 2.15 bits per heavy atom. The van der Waals surface area contributed by atoms with Crippen LogP contribution >= 0.6 is 34.3 Å². The minimum atomic E-state index is -1.19. The first-order chi connectivity index (χ1) is 9.54. The third kappa shape index (κ3) is 4.70. The number of thiophene rings is 2. The van der Waals surface area contributed by atoms with E-state index in [-0.39, 0.29) is 11.7 Å². The lowest BCUT2D eigenvalue weighted by Gasteiger charge is -2.15. The number of halogens is 1. The smallest absolute Gasteiger partial charge is 0.235 e. The van der Waals surface area contributed by atoms with Gasteiger partial charge < -0.3 is 4.90 Å². The third-order valence-corrected chi connectivity index (χ3v) is 6.09. The number of amides is 1. The van der Waals surface area contributed by atoms with Gasteiger partial charge in [0.25, 0.3) is 0 Å². The van der Waals surface area contributed by atoms with Crippen molar-refractivity contribution in [1.29, 1.82) is 0 Å². The third-order valence-electron chi connectivity index (χ3n) is 2.62. The lowest BCUT2D eigenvalue weighted by atomic mass is 10.4. The summed E-state index contributed by atoms with van der Waals surface area (Å²) in [6.45, 7) is 0.568. The largest absolute Gasteiger partial charge is 0.340 e. The van der Waals surface area contributed by atoms with E-state index in [4.69, 9.17) is 11.6 Å². The van der Waals surface area contributed by atoms with Crippen LogP contribution < -0.4 is 0 Å². The second-order valence-corrected chi connectivity index (χ2v) is 8.55. The fraction of sp³-hybridized carbons (Fsp3) is 0.308. The van der Waals surface area contributed by atoms with Crippen LogP contribution in [0.1, 0.15) is 9.75 Å². The van der Waals surface area contributed by atoms with E-state index in [9.17, 15) is 9.00 Å². The maximum absolute atomic E-state index is 12.0. The molecule has 0 saturated heterocycles. The molecule has 1 amide bonds. The van der Waals surface area contributed by atoms with E-state index in [1.54, 1.807) is 29.4 Å². The molecule has 3 nitrogen and oxygen atoms in total. The van der Waals surface area contributed by atoms with Gasteiger partial charge in [-0.25, -0.2) is 0 Å². The van der Waals surface area contributed by atoms with Crippen molar-refractivity contribution in [2.24, 2.45) is 0 Å². The molecule has 2 aromatic heterocycles. The molecule has 2 rings (SSSR count). The number of carbonyl (C=O) groups is 1. The zero-order valence-corrected chi connectivity index (χ0v) is 14.1. The van der Waals surface area contributed by atoms with Crippen LogP contribution in [0.4, 0.5) is 0 Å². The van der Waals surface area contributed by atoms with E-state index in [1.807, 2.05) is 23.6 Å². The summed E-state index contributed by atoms with van der Waals surface area (Å²) in [5.41, 5.74) is 0. The molecule has 7 heteroatoms. The number of hydrogen-bond acceptors (Lipinski definition) is 4. The van der Waals surface area contributed by atoms with Gasteiger partial charge in [0, 0.05) is 27.6 Å². The highest BCUT2D eigenvalue weighted by Crippen LogP contribution is 2.22. The van der Waals surface area contributed by atoms with Crippen molar-refractivity contribution in [2.75, 3.05) is 12.8 Å². The van der Waals surface area contributed by atoms with Gasteiger partial charge in [-0.3, -0.25) is 9.00 Å². The Bertz CT molecular complexity index is 595. The molecule has 0 saturated carbocycles. The molecule has 0 aliphatic heterocycles. The number of carbonyl (C=O) groups excluding carboxylic acids is 1. The Balaban J connectivity index is 1.82. The first kappa shape index (κ1) is 15.7. The average molecular weight is 348 g/mol. The van der Waals surface area contributed by atoms with Crippen LogP contribution in [0.15, 0.2) is 29.6 Å². The van der Waals surface area contributed by atoms with Crippen molar-refractivity contribution in [2.45, 2.75) is 12.3 Å². The van der Waals surface area contributed by atoms with Crippen molar-refractivity contribution in [3.63, 3.8) is 0 Å². The van der Waals surface area contributed by atoms with Crippen molar-refractivity contribution in [3.05, 3.63) is 43.7 Å². The maximum Gasteiger partial charge on any atom is 0.235 e. The van der Waals surface area contributed by atoms with Crippen LogP contribution in [0, 0.1) is 0 Å². The van der Waals surface area contributed by atoms with E-state index < -0.39 is 10.8 Å². The van der Waals surface area contributed by atoms with Gasteiger partial charge in [-0.2, -0.15) is 0 Å². The molecular formula is C13H14ClNO2S3. The topological polar surface area (TPSA) is 37.4 Å². The van der Waals surface area contributed by atoms with Gasteiger partial charge in [0.2, 0.25) is 5.91 Å². The van der Waals surface area contributed by atoms with Crippen molar-refractivity contribution >= 4 is 51.0 Å². The summed E-state index contributed by atoms with van der Waals surface area (Å²) in [6, 6.07) is 7.57. The number of rotatable bonds is 6. The van der Waals surface area contributed by atoms with E-state index >= 15 is 0 Å². The fourth-order valence-corrected chi connectivity index (χ4v) is 4.89. The van der Waals surface area contributed by atoms with Crippen LogP contribution in [0.3, 0.4) is 0 Å². The zero-order chi connectivity index (χ0) is 14.5. The molecular weight excluding hydrogens is 334 g/mol. The molecule has 0 N–H and O–H groups in total. The molecule has 2 aromatic rings. The summed E-state index contributed by atoms with van der Waals surface area (Å²) in [6.07, 6.45) is 0. The highest BCUT2D eigenvalue weighted by molar-refractivity contribution is 7.85.